The lowest BCUT2D eigenvalue weighted by Crippen LogP contribution is -2.55. The first-order chi connectivity index (χ1) is 18.2. The largest absolute Gasteiger partial charge is 0.444 e. The molecule has 2 aromatic rings. The maximum absolute atomic E-state index is 14.2. The number of carbonyl (C=O) groups is 3. The number of hydrogen-bond acceptors (Lipinski definition) is 5. The lowest BCUT2D eigenvalue weighted by Gasteiger charge is -2.36. The number of anilines is 1. The minimum atomic E-state index is -1.05. The van der Waals surface area contributed by atoms with Crippen LogP contribution in [-0.4, -0.2) is 52.7 Å². The van der Waals surface area contributed by atoms with Crippen LogP contribution < -0.4 is 10.6 Å². The Balaban J connectivity index is 2.61. The average molecular weight is 540 g/mol. The molecule has 0 aliphatic heterocycles. The number of carbonyl (C=O) groups excluding carboxylic acids is 3. The van der Waals surface area contributed by atoms with E-state index in [1.807, 2.05) is 77.9 Å². The van der Waals surface area contributed by atoms with E-state index in [2.05, 4.69) is 10.6 Å². The zero-order valence-corrected chi connectivity index (χ0v) is 24.8. The van der Waals surface area contributed by atoms with Gasteiger partial charge in [-0.05, 0) is 71.1 Å². The van der Waals surface area contributed by atoms with Gasteiger partial charge in [0.1, 0.15) is 17.7 Å². The average Bonchev–Trinajstić information content (AvgIpc) is 2.82. The fourth-order valence-corrected chi connectivity index (χ4v) is 4.61. The number of hydrogen-bond donors (Lipinski definition) is 3. The molecule has 0 radical (unpaired) electrons. The summed E-state index contributed by atoms with van der Waals surface area (Å²) in [5.74, 6) is -1.13. The van der Waals surface area contributed by atoms with Crippen molar-refractivity contribution < 1.29 is 24.2 Å². The van der Waals surface area contributed by atoms with Crippen LogP contribution in [0.15, 0.2) is 36.4 Å². The topological polar surface area (TPSA) is 108 Å². The summed E-state index contributed by atoms with van der Waals surface area (Å²) in [6, 6.07) is 9.48. The van der Waals surface area contributed by atoms with Crippen LogP contribution in [0.1, 0.15) is 74.9 Å². The summed E-state index contributed by atoms with van der Waals surface area (Å²) in [4.78, 5) is 42.3. The molecule has 214 valence electrons. The number of nitrogens with zero attached hydrogens (tertiary/aromatic N) is 1. The zero-order chi connectivity index (χ0) is 29.5. The molecule has 0 saturated carbocycles. The maximum atomic E-state index is 14.2. The molecular weight excluding hydrogens is 494 g/mol. The molecule has 8 heteroatoms. The fraction of sp³-hybridized carbons (Fsp3) is 0.516. The van der Waals surface area contributed by atoms with Crippen molar-refractivity contribution in [3.63, 3.8) is 0 Å². The Morgan fingerprint density at radius 1 is 1.00 bits per heavy atom. The van der Waals surface area contributed by atoms with E-state index in [-0.39, 0.29) is 19.1 Å². The molecule has 0 bridgehead atoms. The highest BCUT2D eigenvalue weighted by atomic mass is 16.6. The molecular formula is C31H45N3O5. The number of ether oxygens (including phenoxy) is 1. The molecule has 3 unspecified atom stereocenters. The number of aliphatic hydroxyl groups excluding tert-OH is 1. The van der Waals surface area contributed by atoms with Gasteiger partial charge >= 0.3 is 6.09 Å². The second-order valence-corrected chi connectivity index (χ2v) is 11.3. The van der Waals surface area contributed by atoms with Gasteiger partial charge in [-0.25, -0.2) is 4.79 Å². The van der Waals surface area contributed by atoms with Gasteiger partial charge in [-0.3, -0.25) is 9.59 Å². The van der Waals surface area contributed by atoms with E-state index in [0.29, 0.717) is 17.7 Å². The monoisotopic (exact) mass is 539 g/mol. The van der Waals surface area contributed by atoms with Crippen molar-refractivity contribution in [2.45, 2.75) is 86.4 Å². The molecule has 0 spiro atoms. The normalized spacial score (nSPS) is 13.7. The van der Waals surface area contributed by atoms with Crippen molar-refractivity contribution in [1.29, 1.82) is 0 Å². The standard InChI is InChI=1S/C31H45N3O5/c1-10-21(4)26(33-30(38)39-31(7,8)9)29(37)34(14-15-35)27(24-17-19(2)16-20(3)18-24)28(36)32-25-22(5)12-11-13-23(25)6/h11-13,16-18,21,26-27,35H,10,14-15H2,1-9H3,(H,32,36)(H,33,38). The first kappa shape index (κ1) is 31.8. The van der Waals surface area contributed by atoms with Gasteiger partial charge in [0.2, 0.25) is 5.91 Å². The number of aliphatic hydroxyl groups is 1. The summed E-state index contributed by atoms with van der Waals surface area (Å²) in [7, 11) is 0. The third-order valence-corrected chi connectivity index (χ3v) is 6.62. The number of rotatable bonds is 10. The number of amides is 3. The van der Waals surface area contributed by atoms with Gasteiger partial charge in [0.05, 0.1) is 6.61 Å². The lowest BCUT2D eigenvalue weighted by molar-refractivity contribution is -0.142. The van der Waals surface area contributed by atoms with Crippen LogP contribution in [-0.2, 0) is 14.3 Å². The van der Waals surface area contributed by atoms with Crippen LogP contribution in [0.4, 0.5) is 10.5 Å². The van der Waals surface area contributed by atoms with Crippen molar-refractivity contribution in [3.8, 4) is 0 Å². The predicted octanol–water partition coefficient (Wildman–Crippen LogP) is 5.36. The van der Waals surface area contributed by atoms with E-state index in [9.17, 15) is 19.5 Å². The molecule has 2 aromatic carbocycles. The Labute approximate surface area is 233 Å². The molecule has 0 saturated heterocycles. The molecule has 3 N–H and O–H groups in total. The second kappa shape index (κ2) is 13.6. The van der Waals surface area contributed by atoms with Gasteiger partial charge < -0.3 is 25.4 Å². The Morgan fingerprint density at radius 2 is 1.56 bits per heavy atom. The van der Waals surface area contributed by atoms with Crippen LogP contribution in [0, 0.1) is 33.6 Å². The highest BCUT2D eigenvalue weighted by Crippen LogP contribution is 2.29. The van der Waals surface area contributed by atoms with Gasteiger partial charge in [0.15, 0.2) is 0 Å². The van der Waals surface area contributed by atoms with Gasteiger partial charge in [-0.2, -0.15) is 0 Å². The molecule has 0 heterocycles. The number of nitrogens with one attached hydrogen (secondary N) is 2. The molecule has 0 fully saturated rings. The quantitative estimate of drug-likeness (QED) is 0.377. The molecule has 2 rings (SSSR count). The maximum Gasteiger partial charge on any atom is 0.408 e. The van der Waals surface area contributed by atoms with E-state index >= 15 is 0 Å². The van der Waals surface area contributed by atoms with Crippen molar-refractivity contribution in [2.75, 3.05) is 18.5 Å². The van der Waals surface area contributed by atoms with Crippen LogP contribution in [0.2, 0.25) is 0 Å². The van der Waals surface area contributed by atoms with E-state index in [1.165, 1.54) is 4.90 Å². The van der Waals surface area contributed by atoms with E-state index < -0.39 is 35.6 Å². The van der Waals surface area contributed by atoms with Crippen molar-refractivity contribution in [1.82, 2.24) is 10.2 Å². The minimum absolute atomic E-state index is 0.0976. The highest BCUT2D eigenvalue weighted by molar-refractivity contribution is 6.00. The SMILES string of the molecule is CCC(C)C(NC(=O)OC(C)(C)C)C(=O)N(CCO)C(C(=O)Nc1c(C)cccc1C)c1cc(C)cc(C)c1. The Bertz CT molecular complexity index is 1130. The number of para-hydroxylation sites is 1. The predicted molar refractivity (Wildman–Crippen MR) is 155 cm³/mol. The first-order valence-corrected chi connectivity index (χ1v) is 13.5. The Morgan fingerprint density at radius 3 is 2.05 bits per heavy atom. The summed E-state index contributed by atoms with van der Waals surface area (Å²) in [6.45, 7) is 16.3. The third-order valence-electron chi connectivity index (χ3n) is 6.62. The summed E-state index contributed by atoms with van der Waals surface area (Å²) < 4.78 is 5.43. The molecule has 3 amide bonds. The van der Waals surface area contributed by atoms with E-state index in [1.54, 1.807) is 20.8 Å². The van der Waals surface area contributed by atoms with Crippen molar-refractivity contribution in [3.05, 3.63) is 64.2 Å². The lowest BCUT2D eigenvalue weighted by atomic mass is 9.94. The summed E-state index contributed by atoms with van der Waals surface area (Å²) >= 11 is 0. The van der Waals surface area contributed by atoms with Crippen LogP contribution in [0.5, 0.6) is 0 Å². The van der Waals surface area contributed by atoms with Crippen molar-refractivity contribution >= 4 is 23.6 Å². The van der Waals surface area contributed by atoms with E-state index in [0.717, 1.165) is 22.3 Å². The molecule has 3 atom stereocenters. The Kier molecular flexibility index (Phi) is 11.1. The molecule has 39 heavy (non-hydrogen) atoms. The fourth-order valence-electron chi connectivity index (χ4n) is 4.61. The van der Waals surface area contributed by atoms with Gasteiger partial charge in [0, 0.05) is 12.2 Å². The minimum Gasteiger partial charge on any atom is -0.444 e. The Hall–Kier alpha value is -3.39. The zero-order valence-electron chi connectivity index (χ0n) is 24.8. The summed E-state index contributed by atoms with van der Waals surface area (Å²) in [6.07, 6.45) is -0.116. The number of benzene rings is 2. The number of alkyl carbamates (subject to hydrolysis) is 1. The molecule has 0 aliphatic carbocycles. The molecule has 0 aromatic heterocycles. The van der Waals surface area contributed by atoms with Crippen molar-refractivity contribution in [2.24, 2.45) is 5.92 Å². The number of aryl methyl sites for hydroxylation is 4. The van der Waals surface area contributed by atoms with Gasteiger partial charge in [-0.1, -0.05) is 67.8 Å². The van der Waals surface area contributed by atoms with Crippen LogP contribution >= 0.6 is 0 Å². The summed E-state index contributed by atoms with van der Waals surface area (Å²) in [5, 5.41) is 15.8. The molecule has 8 nitrogen and oxygen atoms in total. The smallest absolute Gasteiger partial charge is 0.408 e. The molecule has 0 aliphatic rings. The highest BCUT2D eigenvalue weighted by Gasteiger charge is 2.38. The third kappa shape index (κ3) is 8.82. The second-order valence-electron chi connectivity index (χ2n) is 11.3. The van der Waals surface area contributed by atoms with E-state index in [4.69, 9.17) is 4.74 Å². The summed E-state index contributed by atoms with van der Waals surface area (Å²) in [5.41, 5.74) is 4.23. The van der Waals surface area contributed by atoms with Crippen LogP contribution in [0.25, 0.3) is 0 Å². The van der Waals surface area contributed by atoms with Gasteiger partial charge in [-0.15, -0.1) is 0 Å². The van der Waals surface area contributed by atoms with Gasteiger partial charge in [0.25, 0.3) is 5.91 Å². The first-order valence-electron chi connectivity index (χ1n) is 13.5. The van der Waals surface area contributed by atoms with Crippen LogP contribution in [0.3, 0.4) is 0 Å².